The molecule has 8 rings (SSSR count). The number of amides is 1. The molecule has 1 aromatic heterocycles. The standard InChI is InChI=1S/C39H59N3O6/c1-24-21-25(31(35(4,5)44)48-32-40-15-8-16-41-32)46-26-22-37(7)28-10-9-27-34(2,3)29(47-33(43)42-17-19-45-20-18-42)11-12-38(27)23-39(28,38)14-13-36(37,6)30(24)26/h8,15-16,24-31,44H,9-14,17-23H2,1-7H3/t24-,25?,26?,27?,28?,29?,30?,31?,36?,37+,38?,39?/m1/s1. The highest BCUT2D eigenvalue weighted by atomic mass is 16.6. The smallest absolute Gasteiger partial charge is 0.410 e. The van der Waals surface area contributed by atoms with Crippen molar-refractivity contribution in [3.05, 3.63) is 18.5 Å². The fourth-order valence-corrected chi connectivity index (χ4v) is 13.8. The number of hydrogen-bond donors (Lipinski definition) is 1. The van der Waals surface area contributed by atoms with Gasteiger partial charge in [-0.25, -0.2) is 14.8 Å². The molecule has 1 N–H and O–H groups in total. The van der Waals surface area contributed by atoms with Crippen molar-refractivity contribution in [3.8, 4) is 6.01 Å². The van der Waals surface area contributed by atoms with E-state index in [1.54, 1.807) is 18.5 Å². The molecule has 1 aromatic rings. The summed E-state index contributed by atoms with van der Waals surface area (Å²) in [5.74, 6) is 2.21. The maximum atomic E-state index is 13.2. The predicted molar refractivity (Wildman–Crippen MR) is 180 cm³/mol. The monoisotopic (exact) mass is 665 g/mol. The molecule has 9 nitrogen and oxygen atoms in total. The first-order valence-electron chi connectivity index (χ1n) is 19.0. The molecule has 12 atom stereocenters. The first kappa shape index (κ1) is 33.2. The largest absolute Gasteiger partial charge is 0.454 e. The molecule has 2 spiro atoms. The van der Waals surface area contributed by atoms with Crippen LogP contribution in [0.1, 0.15) is 106 Å². The number of nitrogens with zero attached hydrogens (tertiary/aromatic N) is 3. The number of carbonyl (C=O) groups is 1. The number of hydrogen-bond acceptors (Lipinski definition) is 8. The molecule has 48 heavy (non-hydrogen) atoms. The maximum Gasteiger partial charge on any atom is 0.410 e. The lowest BCUT2D eigenvalue weighted by Crippen LogP contribution is -2.59. The van der Waals surface area contributed by atoms with E-state index >= 15 is 0 Å². The minimum absolute atomic E-state index is 0.0325. The highest BCUT2D eigenvalue weighted by Gasteiger charge is 2.83. The quantitative estimate of drug-likeness (QED) is 0.372. The summed E-state index contributed by atoms with van der Waals surface area (Å²) < 4.78 is 25.2. The minimum Gasteiger partial charge on any atom is -0.454 e. The van der Waals surface area contributed by atoms with Gasteiger partial charge in [0.1, 0.15) is 6.10 Å². The summed E-state index contributed by atoms with van der Waals surface area (Å²) in [5.41, 5.74) is 0.00231. The normalized spacial score (nSPS) is 46.6. The fourth-order valence-electron chi connectivity index (χ4n) is 13.8. The number of morpholine rings is 1. The molecule has 5 aliphatic carbocycles. The lowest BCUT2D eigenvalue weighted by Gasteiger charge is -2.63. The summed E-state index contributed by atoms with van der Waals surface area (Å²) in [6.07, 6.45) is 13.0. The van der Waals surface area contributed by atoms with Gasteiger partial charge in [-0.1, -0.05) is 34.6 Å². The van der Waals surface area contributed by atoms with Crippen LogP contribution in [0.25, 0.3) is 0 Å². The molecule has 1 amide bonds. The van der Waals surface area contributed by atoms with Crippen LogP contribution in [0, 0.1) is 50.7 Å². The molecule has 5 saturated carbocycles. The van der Waals surface area contributed by atoms with Gasteiger partial charge in [-0.3, -0.25) is 0 Å². The molecule has 0 bridgehead atoms. The molecule has 9 heteroatoms. The molecule has 3 heterocycles. The van der Waals surface area contributed by atoms with E-state index in [9.17, 15) is 9.90 Å². The Morgan fingerprint density at radius 1 is 1.00 bits per heavy atom. The number of aromatic nitrogens is 2. The zero-order valence-corrected chi connectivity index (χ0v) is 30.4. The number of carbonyl (C=O) groups excluding carboxylic acids is 1. The summed E-state index contributed by atoms with van der Waals surface area (Å²) in [5, 5.41) is 11.3. The van der Waals surface area contributed by atoms with Crippen molar-refractivity contribution >= 4 is 6.09 Å². The molecule has 7 fully saturated rings. The average molecular weight is 666 g/mol. The Hall–Kier alpha value is -1.97. The van der Waals surface area contributed by atoms with Gasteiger partial charge in [-0.05, 0) is 123 Å². The Kier molecular flexibility index (Phi) is 7.62. The summed E-state index contributed by atoms with van der Waals surface area (Å²) in [7, 11) is 0. The van der Waals surface area contributed by atoms with Gasteiger partial charge in [-0.2, -0.15) is 0 Å². The highest BCUT2D eigenvalue weighted by molar-refractivity contribution is 5.68. The molecule has 2 aliphatic heterocycles. The predicted octanol–water partition coefficient (Wildman–Crippen LogP) is 6.67. The Labute approximate surface area is 287 Å². The van der Waals surface area contributed by atoms with Gasteiger partial charge in [0.15, 0.2) is 6.10 Å². The van der Waals surface area contributed by atoms with Crippen molar-refractivity contribution in [3.63, 3.8) is 0 Å². The molecular formula is C39H59N3O6. The SMILES string of the molecule is C[C@@H]1CC(C(Oc2ncccn2)C(C)(C)O)OC2C[C@@]3(C)C4CCC5C(C)(C)C(OC(=O)N6CCOCC6)CCC56CC46CCC3(C)C21. The lowest BCUT2D eigenvalue weighted by atomic mass is 9.41. The Morgan fingerprint density at radius 2 is 1.69 bits per heavy atom. The van der Waals surface area contributed by atoms with Crippen LogP contribution in [-0.4, -0.2) is 82.4 Å². The molecule has 10 unspecified atom stereocenters. The van der Waals surface area contributed by atoms with Crippen molar-refractivity contribution in [1.29, 1.82) is 0 Å². The molecule has 7 aliphatic rings. The molecule has 0 aromatic carbocycles. The molecule has 0 radical (unpaired) electrons. The highest BCUT2D eigenvalue weighted by Crippen LogP contribution is 2.89. The van der Waals surface area contributed by atoms with E-state index in [4.69, 9.17) is 18.9 Å². The van der Waals surface area contributed by atoms with E-state index in [-0.39, 0.29) is 46.7 Å². The Balaban J connectivity index is 1.02. The Bertz CT molecular complexity index is 1400. The van der Waals surface area contributed by atoms with E-state index in [1.807, 2.05) is 18.7 Å². The summed E-state index contributed by atoms with van der Waals surface area (Å²) in [6, 6.07) is 2.06. The van der Waals surface area contributed by atoms with E-state index in [0.717, 1.165) is 19.3 Å². The maximum absolute atomic E-state index is 13.2. The van der Waals surface area contributed by atoms with Crippen LogP contribution in [-0.2, 0) is 14.2 Å². The fraction of sp³-hybridized carbons (Fsp3) is 0.872. The van der Waals surface area contributed by atoms with Gasteiger partial charge in [0.25, 0.3) is 0 Å². The van der Waals surface area contributed by atoms with Crippen molar-refractivity contribution in [1.82, 2.24) is 14.9 Å². The zero-order chi connectivity index (χ0) is 33.9. The van der Waals surface area contributed by atoms with E-state index in [0.29, 0.717) is 60.8 Å². The van der Waals surface area contributed by atoms with E-state index in [2.05, 4.69) is 44.6 Å². The number of ether oxygens (including phenoxy) is 4. The second kappa shape index (κ2) is 11.0. The van der Waals surface area contributed by atoms with Crippen molar-refractivity contribution in [2.75, 3.05) is 26.3 Å². The summed E-state index contributed by atoms with van der Waals surface area (Å²) in [4.78, 5) is 23.6. The van der Waals surface area contributed by atoms with E-state index in [1.165, 1.54) is 38.5 Å². The topological polar surface area (TPSA) is 103 Å². The van der Waals surface area contributed by atoms with Crippen LogP contribution in [0.2, 0.25) is 0 Å². The first-order chi connectivity index (χ1) is 22.7. The first-order valence-corrected chi connectivity index (χ1v) is 19.0. The third kappa shape index (κ3) is 4.61. The number of aliphatic hydroxyl groups is 1. The van der Waals surface area contributed by atoms with Crippen LogP contribution in [0.5, 0.6) is 6.01 Å². The zero-order valence-electron chi connectivity index (χ0n) is 30.4. The summed E-state index contributed by atoms with van der Waals surface area (Å²) >= 11 is 0. The molecule has 266 valence electrons. The van der Waals surface area contributed by atoms with Gasteiger partial charge in [0.05, 0.1) is 31.0 Å². The van der Waals surface area contributed by atoms with Crippen molar-refractivity contribution in [2.24, 2.45) is 50.7 Å². The van der Waals surface area contributed by atoms with Crippen molar-refractivity contribution < 1.29 is 28.8 Å². The van der Waals surface area contributed by atoms with Gasteiger partial charge in [0.2, 0.25) is 0 Å². The van der Waals surface area contributed by atoms with Crippen LogP contribution in [0.15, 0.2) is 18.5 Å². The van der Waals surface area contributed by atoms with Gasteiger partial charge in [-0.15, -0.1) is 0 Å². The van der Waals surface area contributed by atoms with Gasteiger partial charge >= 0.3 is 12.1 Å². The van der Waals surface area contributed by atoms with Gasteiger partial charge in [0, 0.05) is 30.9 Å². The molecular weight excluding hydrogens is 606 g/mol. The van der Waals surface area contributed by atoms with Gasteiger partial charge < -0.3 is 29.0 Å². The van der Waals surface area contributed by atoms with Crippen LogP contribution >= 0.6 is 0 Å². The summed E-state index contributed by atoms with van der Waals surface area (Å²) in [6.45, 7) is 18.5. The number of rotatable bonds is 5. The number of fused-ring (bicyclic) bond motifs is 4. The van der Waals surface area contributed by atoms with Crippen molar-refractivity contribution in [2.45, 2.75) is 136 Å². The van der Waals surface area contributed by atoms with Crippen LogP contribution in [0.4, 0.5) is 4.79 Å². The Morgan fingerprint density at radius 3 is 2.40 bits per heavy atom. The van der Waals surface area contributed by atoms with Crippen LogP contribution in [0.3, 0.4) is 0 Å². The average Bonchev–Trinajstić information content (AvgIpc) is 3.64. The third-order valence-electron chi connectivity index (χ3n) is 16.0. The second-order valence-corrected chi connectivity index (χ2v) is 18.7. The van der Waals surface area contributed by atoms with E-state index < -0.39 is 11.7 Å². The second-order valence-electron chi connectivity index (χ2n) is 18.7. The lowest BCUT2D eigenvalue weighted by molar-refractivity contribution is -0.188. The van der Waals surface area contributed by atoms with Crippen LogP contribution < -0.4 is 4.74 Å². The molecule has 2 saturated heterocycles. The third-order valence-corrected chi connectivity index (χ3v) is 16.0. The minimum atomic E-state index is -1.11.